The summed E-state index contributed by atoms with van der Waals surface area (Å²) in [6, 6.07) is 10.5. The van der Waals surface area contributed by atoms with Crippen LogP contribution in [-0.4, -0.2) is 36.1 Å². The van der Waals surface area contributed by atoms with E-state index in [2.05, 4.69) is 20.4 Å². The van der Waals surface area contributed by atoms with Gasteiger partial charge in [0, 0.05) is 18.3 Å². The molecule has 10 nitrogen and oxygen atoms in total. The van der Waals surface area contributed by atoms with Crippen LogP contribution in [0.1, 0.15) is 32.1 Å². The Morgan fingerprint density at radius 3 is 2.49 bits per heavy atom. The molecule has 0 saturated heterocycles. The lowest BCUT2D eigenvalue weighted by molar-refractivity contribution is -0.137. The second-order valence-electron chi connectivity index (χ2n) is 8.48. The van der Waals surface area contributed by atoms with E-state index in [0.29, 0.717) is 17.2 Å². The fourth-order valence-corrected chi connectivity index (χ4v) is 4.99. The fourth-order valence-electron chi connectivity index (χ4n) is 3.95. The predicted molar refractivity (Wildman–Crippen MR) is 138 cm³/mol. The van der Waals surface area contributed by atoms with Crippen LogP contribution < -0.4 is 16.7 Å². The largest absolute Gasteiger partial charge is 0.416 e. The van der Waals surface area contributed by atoms with E-state index in [-0.39, 0.29) is 37.7 Å². The number of aryl methyl sites for hydroxylation is 2. The molecule has 2 aromatic carbocycles. The van der Waals surface area contributed by atoms with Gasteiger partial charge in [0.15, 0.2) is 0 Å². The van der Waals surface area contributed by atoms with Crippen LogP contribution in [0.25, 0.3) is 26.6 Å². The summed E-state index contributed by atoms with van der Waals surface area (Å²) in [5.41, 5.74) is 4.68. The zero-order valence-corrected chi connectivity index (χ0v) is 21.1. The number of carbonyl (C=O) groups is 2. The molecule has 198 valence electrons. The number of hydrogen-bond donors (Lipinski definition) is 2. The average Bonchev–Trinajstić information content (AvgIpc) is 3.43. The Hall–Kier alpha value is -4.85. The Kier molecular flexibility index (Phi) is 6.26. The molecule has 0 saturated carbocycles. The maximum atomic E-state index is 13.7. The van der Waals surface area contributed by atoms with Crippen LogP contribution in [0.4, 0.5) is 18.9 Å². The maximum absolute atomic E-state index is 13.7. The standard InChI is InChI=1S/C25H18F3N7O3S/c1-12-33-34(2)24(38)35(12)16-6-7-18(30-11-16)23-32-19-10-14(25(26,27)28)9-17(20(19)39-23)22(37)31-15-5-3-4-13(8-15)21(29)36/h3-11H,1-2H3,(H2,29,36)(H,31,37). The molecule has 3 N–H and O–H groups in total. The molecule has 39 heavy (non-hydrogen) atoms. The van der Waals surface area contributed by atoms with Gasteiger partial charge >= 0.3 is 11.9 Å². The number of nitrogens with two attached hydrogens (primary N) is 1. The highest BCUT2D eigenvalue weighted by molar-refractivity contribution is 7.22. The second-order valence-corrected chi connectivity index (χ2v) is 9.48. The van der Waals surface area contributed by atoms with Gasteiger partial charge in [-0.3, -0.25) is 14.6 Å². The van der Waals surface area contributed by atoms with E-state index in [1.54, 1.807) is 19.1 Å². The Bertz CT molecular complexity index is 1820. The molecular formula is C25H18F3N7O3S. The van der Waals surface area contributed by atoms with Gasteiger partial charge in [0.1, 0.15) is 10.8 Å². The molecule has 3 aromatic heterocycles. The molecule has 0 aliphatic carbocycles. The molecule has 0 spiro atoms. The lowest BCUT2D eigenvalue weighted by Gasteiger charge is -2.11. The highest BCUT2D eigenvalue weighted by Gasteiger charge is 2.33. The number of nitrogens with one attached hydrogen (secondary N) is 1. The molecule has 0 unspecified atom stereocenters. The van der Waals surface area contributed by atoms with E-state index in [0.717, 1.165) is 23.5 Å². The molecule has 14 heteroatoms. The van der Waals surface area contributed by atoms with Gasteiger partial charge in [-0.15, -0.1) is 11.3 Å². The molecule has 0 fully saturated rings. The number of anilines is 1. The van der Waals surface area contributed by atoms with Gasteiger partial charge in [-0.2, -0.15) is 18.3 Å². The number of fused-ring (bicyclic) bond motifs is 1. The van der Waals surface area contributed by atoms with E-state index >= 15 is 0 Å². The van der Waals surface area contributed by atoms with Gasteiger partial charge in [0.2, 0.25) is 5.91 Å². The Balaban J connectivity index is 1.56. The van der Waals surface area contributed by atoms with Crippen molar-refractivity contribution in [3.05, 3.63) is 87.7 Å². The van der Waals surface area contributed by atoms with Crippen LogP contribution in [0, 0.1) is 6.92 Å². The quantitative estimate of drug-likeness (QED) is 0.338. The van der Waals surface area contributed by atoms with Gasteiger partial charge in [0.25, 0.3) is 5.91 Å². The van der Waals surface area contributed by atoms with Crippen LogP contribution in [0.5, 0.6) is 0 Å². The number of alkyl halides is 3. The maximum Gasteiger partial charge on any atom is 0.416 e. The topological polar surface area (TPSA) is 138 Å². The third-order valence-electron chi connectivity index (χ3n) is 5.78. The van der Waals surface area contributed by atoms with E-state index < -0.39 is 23.6 Å². The summed E-state index contributed by atoms with van der Waals surface area (Å²) >= 11 is 0.994. The second kappa shape index (κ2) is 9.47. The highest BCUT2D eigenvalue weighted by Crippen LogP contribution is 2.37. The lowest BCUT2D eigenvalue weighted by Crippen LogP contribution is -2.21. The number of thiazole rings is 1. The number of rotatable bonds is 5. The molecule has 5 aromatic rings. The van der Waals surface area contributed by atoms with Crippen LogP contribution in [0.2, 0.25) is 0 Å². The van der Waals surface area contributed by atoms with Crippen LogP contribution >= 0.6 is 11.3 Å². The number of pyridine rings is 1. The lowest BCUT2D eigenvalue weighted by atomic mass is 10.1. The van der Waals surface area contributed by atoms with Gasteiger partial charge in [-0.25, -0.2) is 19.0 Å². The minimum Gasteiger partial charge on any atom is -0.366 e. The van der Waals surface area contributed by atoms with Crippen LogP contribution in [0.15, 0.2) is 59.5 Å². The number of benzene rings is 2. The summed E-state index contributed by atoms with van der Waals surface area (Å²) in [7, 11) is 1.52. The predicted octanol–water partition coefficient (Wildman–Crippen LogP) is 3.92. The van der Waals surface area contributed by atoms with Crippen molar-refractivity contribution in [2.45, 2.75) is 13.1 Å². The molecule has 0 radical (unpaired) electrons. The summed E-state index contributed by atoms with van der Waals surface area (Å²) in [4.78, 5) is 45.6. The first-order valence-corrected chi connectivity index (χ1v) is 12.1. The van der Waals surface area contributed by atoms with Crippen LogP contribution in [0.3, 0.4) is 0 Å². The summed E-state index contributed by atoms with van der Waals surface area (Å²) in [6.45, 7) is 1.66. The summed E-state index contributed by atoms with van der Waals surface area (Å²) < 4.78 is 43.8. The van der Waals surface area contributed by atoms with Crippen molar-refractivity contribution in [3.8, 4) is 16.4 Å². The van der Waals surface area contributed by atoms with Gasteiger partial charge in [-0.05, 0) is 49.4 Å². The Morgan fingerprint density at radius 1 is 1.10 bits per heavy atom. The summed E-state index contributed by atoms with van der Waals surface area (Å²) in [5, 5.41) is 6.86. The minimum absolute atomic E-state index is 0.0361. The number of primary amides is 1. The van der Waals surface area contributed by atoms with Crippen molar-refractivity contribution in [2.75, 3.05) is 5.32 Å². The van der Waals surface area contributed by atoms with Gasteiger partial charge < -0.3 is 11.1 Å². The van der Waals surface area contributed by atoms with Crippen molar-refractivity contribution >= 4 is 39.1 Å². The molecule has 0 atom stereocenters. The van der Waals surface area contributed by atoms with E-state index in [1.807, 2.05) is 0 Å². The molecule has 0 bridgehead atoms. The zero-order chi connectivity index (χ0) is 28.1. The number of nitrogens with zero attached hydrogens (tertiary/aromatic N) is 5. The third kappa shape index (κ3) is 4.88. The third-order valence-corrected chi connectivity index (χ3v) is 6.91. The van der Waals surface area contributed by atoms with Crippen molar-refractivity contribution in [1.82, 2.24) is 24.3 Å². The van der Waals surface area contributed by atoms with Crippen molar-refractivity contribution < 1.29 is 22.8 Å². The number of carbonyl (C=O) groups excluding carboxylic acids is 2. The average molecular weight is 554 g/mol. The number of amides is 2. The zero-order valence-electron chi connectivity index (χ0n) is 20.3. The molecule has 5 rings (SSSR count). The van der Waals surface area contributed by atoms with Crippen molar-refractivity contribution in [2.24, 2.45) is 12.8 Å². The summed E-state index contributed by atoms with van der Waals surface area (Å²) in [5.74, 6) is -1.09. The number of hydrogen-bond acceptors (Lipinski definition) is 7. The molecule has 3 heterocycles. The number of halogens is 3. The SMILES string of the molecule is Cc1nn(C)c(=O)n1-c1ccc(-c2nc3cc(C(F)(F)F)cc(C(=O)Nc4cccc(C(N)=O)c4)c3s2)nc1. The molecular weight excluding hydrogens is 535 g/mol. The summed E-state index contributed by atoms with van der Waals surface area (Å²) in [6.07, 6.45) is -3.30. The molecule has 0 aliphatic rings. The minimum atomic E-state index is -4.73. The monoisotopic (exact) mass is 553 g/mol. The fraction of sp³-hybridized carbons (Fsp3) is 0.120. The first-order chi connectivity index (χ1) is 18.4. The normalized spacial score (nSPS) is 11.6. The van der Waals surface area contributed by atoms with Gasteiger partial charge in [0.05, 0.1) is 38.9 Å². The van der Waals surface area contributed by atoms with E-state index in [4.69, 9.17) is 5.73 Å². The first-order valence-electron chi connectivity index (χ1n) is 11.2. The van der Waals surface area contributed by atoms with Crippen LogP contribution in [-0.2, 0) is 13.2 Å². The highest BCUT2D eigenvalue weighted by atomic mass is 32.1. The number of aromatic nitrogens is 5. The smallest absolute Gasteiger partial charge is 0.366 e. The van der Waals surface area contributed by atoms with Crippen molar-refractivity contribution in [1.29, 1.82) is 0 Å². The molecule has 0 aliphatic heterocycles. The Labute approximate surface area is 221 Å². The van der Waals surface area contributed by atoms with Crippen molar-refractivity contribution in [3.63, 3.8) is 0 Å². The molecule has 2 amide bonds. The van der Waals surface area contributed by atoms with Gasteiger partial charge in [-0.1, -0.05) is 6.07 Å². The van der Waals surface area contributed by atoms with E-state index in [1.165, 1.54) is 46.8 Å². The van der Waals surface area contributed by atoms with E-state index in [9.17, 15) is 27.6 Å². The Morgan fingerprint density at radius 2 is 1.87 bits per heavy atom. The first kappa shape index (κ1) is 25.8.